The van der Waals surface area contributed by atoms with Crippen LogP contribution < -0.4 is 10.2 Å². The molecule has 1 amide bonds. The summed E-state index contributed by atoms with van der Waals surface area (Å²) in [6.45, 7) is 4.20. The van der Waals surface area contributed by atoms with Crippen LogP contribution in [0.3, 0.4) is 0 Å². The quantitative estimate of drug-likeness (QED) is 0.542. The molecular weight excluding hydrogens is 359 g/mol. The predicted molar refractivity (Wildman–Crippen MR) is 103 cm³/mol. The van der Waals surface area contributed by atoms with Crippen molar-refractivity contribution in [2.45, 2.75) is 26.2 Å². The van der Waals surface area contributed by atoms with Gasteiger partial charge in [-0.15, -0.1) is 0 Å². The summed E-state index contributed by atoms with van der Waals surface area (Å²) in [5, 5.41) is 4.68. The Morgan fingerprint density at radius 3 is 2.64 bits per heavy atom. The van der Waals surface area contributed by atoms with Gasteiger partial charge in [-0.05, 0) is 36.1 Å². The lowest BCUT2D eigenvalue weighted by molar-refractivity contribution is -0.123. The van der Waals surface area contributed by atoms with Crippen LogP contribution >= 0.6 is 23.2 Å². The van der Waals surface area contributed by atoms with Crippen molar-refractivity contribution in [3.63, 3.8) is 0 Å². The second kappa shape index (κ2) is 9.44. The Labute approximate surface area is 157 Å². The van der Waals surface area contributed by atoms with Gasteiger partial charge in [0.15, 0.2) is 6.61 Å². The van der Waals surface area contributed by atoms with E-state index in [1.165, 1.54) is 11.8 Å². The number of carbonyl (C=O) groups excluding carboxylic acids is 1. The molecule has 2 aromatic carbocycles. The lowest BCUT2D eigenvalue weighted by Crippen LogP contribution is -2.24. The molecule has 0 aliphatic carbocycles. The average molecular weight is 379 g/mol. The topological polar surface area (TPSA) is 50.7 Å². The number of ether oxygens (including phenoxy) is 1. The molecule has 0 spiro atoms. The highest BCUT2D eigenvalue weighted by Gasteiger charge is 2.05. The molecule has 0 aromatic heterocycles. The van der Waals surface area contributed by atoms with Gasteiger partial charge >= 0.3 is 0 Å². The number of amides is 1. The van der Waals surface area contributed by atoms with E-state index in [-0.39, 0.29) is 12.5 Å². The van der Waals surface area contributed by atoms with E-state index in [1.807, 2.05) is 24.3 Å². The average Bonchev–Trinajstić information content (AvgIpc) is 2.63. The van der Waals surface area contributed by atoms with Crippen LogP contribution in [-0.4, -0.2) is 18.7 Å². The van der Waals surface area contributed by atoms with Crippen molar-refractivity contribution in [2.24, 2.45) is 5.10 Å². The number of hydrazone groups is 1. The fraction of sp³-hybridized carbons (Fsp3) is 0.263. The SMILES string of the molecule is CCC(C)c1ccc(OCC(=O)N/N=C/c2cccc(Cl)c2Cl)cc1. The van der Waals surface area contributed by atoms with Crippen LogP contribution in [0.4, 0.5) is 0 Å². The van der Waals surface area contributed by atoms with Crippen LogP contribution in [0.15, 0.2) is 47.6 Å². The standard InChI is InChI=1S/C19H20Cl2N2O2/c1-3-13(2)14-7-9-16(10-8-14)25-12-18(24)23-22-11-15-5-4-6-17(20)19(15)21/h4-11,13H,3,12H2,1-2H3,(H,23,24)/b22-11+. The zero-order valence-electron chi connectivity index (χ0n) is 14.1. The first-order valence-electron chi connectivity index (χ1n) is 8.00. The second-order valence-corrected chi connectivity index (χ2v) is 6.39. The van der Waals surface area contributed by atoms with E-state index in [1.54, 1.807) is 18.2 Å². The van der Waals surface area contributed by atoms with Crippen LogP contribution in [0.1, 0.15) is 37.3 Å². The van der Waals surface area contributed by atoms with Crippen molar-refractivity contribution >= 4 is 35.3 Å². The second-order valence-electron chi connectivity index (χ2n) is 5.60. The zero-order chi connectivity index (χ0) is 18.2. The van der Waals surface area contributed by atoms with Gasteiger partial charge in [-0.2, -0.15) is 5.10 Å². The fourth-order valence-electron chi connectivity index (χ4n) is 2.10. The molecule has 1 unspecified atom stereocenters. The predicted octanol–water partition coefficient (Wildman–Crippen LogP) is 5.04. The molecule has 2 aromatic rings. The van der Waals surface area contributed by atoms with E-state index in [0.29, 0.717) is 27.3 Å². The van der Waals surface area contributed by atoms with Gasteiger partial charge in [-0.1, -0.05) is 61.3 Å². The van der Waals surface area contributed by atoms with Crippen molar-refractivity contribution in [1.29, 1.82) is 0 Å². The first-order chi connectivity index (χ1) is 12.0. The summed E-state index contributed by atoms with van der Waals surface area (Å²) in [4.78, 5) is 11.8. The van der Waals surface area contributed by atoms with Crippen molar-refractivity contribution < 1.29 is 9.53 Å². The van der Waals surface area contributed by atoms with E-state index in [0.717, 1.165) is 6.42 Å². The summed E-state index contributed by atoms with van der Waals surface area (Å²) < 4.78 is 5.45. The van der Waals surface area contributed by atoms with Gasteiger partial charge in [0.25, 0.3) is 5.91 Å². The van der Waals surface area contributed by atoms with Crippen molar-refractivity contribution in [3.05, 3.63) is 63.6 Å². The molecule has 1 atom stereocenters. The van der Waals surface area contributed by atoms with E-state index >= 15 is 0 Å². The van der Waals surface area contributed by atoms with Gasteiger partial charge < -0.3 is 4.74 Å². The number of benzene rings is 2. The van der Waals surface area contributed by atoms with E-state index in [9.17, 15) is 4.79 Å². The number of nitrogens with zero attached hydrogens (tertiary/aromatic N) is 1. The molecule has 0 bridgehead atoms. The van der Waals surface area contributed by atoms with Crippen LogP contribution in [0, 0.1) is 0 Å². The minimum atomic E-state index is -0.361. The van der Waals surface area contributed by atoms with Gasteiger partial charge in [0, 0.05) is 5.56 Å². The van der Waals surface area contributed by atoms with Crippen molar-refractivity contribution in [1.82, 2.24) is 5.43 Å². The van der Waals surface area contributed by atoms with Crippen molar-refractivity contribution in [2.75, 3.05) is 6.61 Å². The van der Waals surface area contributed by atoms with Crippen molar-refractivity contribution in [3.8, 4) is 5.75 Å². The molecule has 0 heterocycles. The molecule has 0 saturated carbocycles. The van der Waals surface area contributed by atoms with E-state index in [4.69, 9.17) is 27.9 Å². The Hall–Kier alpha value is -2.04. The van der Waals surface area contributed by atoms with E-state index in [2.05, 4.69) is 24.4 Å². The molecule has 6 heteroatoms. The summed E-state index contributed by atoms with van der Waals surface area (Å²) in [5.74, 6) is 0.787. The monoisotopic (exact) mass is 378 g/mol. The van der Waals surface area contributed by atoms with E-state index < -0.39 is 0 Å². The Morgan fingerprint density at radius 2 is 1.96 bits per heavy atom. The molecule has 0 aliphatic heterocycles. The summed E-state index contributed by atoms with van der Waals surface area (Å²) in [6, 6.07) is 12.9. The summed E-state index contributed by atoms with van der Waals surface area (Å²) in [5.41, 5.74) is 4.26. The number of nitrogens with one attached hydrogen (secondary N) is 1. The Balaban J connectivity index is 1.82. The third-order valence-electron chi connectivity index (χ3n) is 3.81. The van der Waals surface area contributed by atoms with Gasteiger partial charge in [0.05, 0.1) is 16.3 Å². The molecule has 2 rings (SSSR count). The number of hydrogen-bond donors (Lipinski definition) is 1. The Morgan fingerprint density at radius 1 is 1.24 bits per heavy atom. The first-order valence-corrected chi connectivity index (χ1v) is 8.75. The highest BCUT2D eigenvalue weighted by Crippen LogP contribution is 2.24. The van der Waals surface area contributed by atoms with Gasteiger partial charge in [0.2, 0.25) is 0 Å². The van der Waals surface area contributed by atoms with Crippen LogP contribution in [-0.2, 0) is 4.79 Å². The molecule has 25 heavy (non-hydrogen) atoms. The number of carbonyl (C=O) groups is 1. The maximum atomic E-state index is 11.8. The molecular formula is C19H20Cl2N2O2. The molecule has 0 fully saturated rings. The zero-order valence-corrected chi connectivity index (χ0v) is 15.6. The summed E-state index contributed by atoms with van der Waals surface area (Å²) >= 11 is 11.9. The lowest BCUT2D eigenvalue weighted by Gasteiger charge is -2.10. The molecule has 4 nitrogen and oxygen atoms in total. The Bertz CT molecular complexity index is 746. The maximum absolute atomic E-state index is 11.8. The van der Waals surface area contributed by atoms with Gasteiger partial charge in [0.1, 0.15) is 5.75 Å². The van der Waals surface area contributed by atoms with Crippen LogP contribution in [0.2, 0.25) is 10.0 Å². The molecule has 0 aliphatic rings. The minimum absolute atomic E-state index is 0.122. The lowest BCUT2D eigenvalue weighted by atomic mass is 9.99. The summed E-state index contributed by atoms with van der Waals surface area (Å²) in [6.07, 6.45) is 2.52. The van der Waals surface area contributed by atoms with Crippen LogP contribution in [0.5, 0.6) is 5.75 Å². The third kappa shape index (κ3) is 5.76. The number of rotatable bonds is 7. The normalized spacial score (nSPS) is 12.2. The smallest absolute Gasteiger partial charge is 0.277 e. The minimum Gasteiger partial charge on any atom is -0.484 e. The highest BCUT2D eigenvalue weighted by atomic mass is 35.5. The third-order valence-corrected chi connectivity index (χ3v) is 4.64. The number of halogens is 2. The fourth-order valence-corrected chi connectivity index (χ4v) is 2.46. The molecule has 0 radical (unpaired) electrons. The largest absolute Gasteiger partial charge is 0.484 e. The molecule has 1 N–H and O–H groups in total. The molecule has 132 valence electrons. The molecule has 0 saturated heterocycles. The number of hydrogen-bond acceptors (Lipinski definition) is 3. The first kappa shape index (κ1) is 19.3. The Kier molecular flexibility index (Phi) is 7.29. The van der Waals surface area contributed by atoms with Gasteiger partial charge in [-0.25, -0.2) is 5.43 Å². The van der Waals surface area contributed by atoms with Gasteiger partial charge in [-0.3, -0.25) is 4.79 Å². The maximum Gasteiger partial charge on any atom is 0.277 e. The highest BCUT2D eigenvalue weighted by molar-refractivity contribution is 6.43. The summed E-state index contributed by atoms with van der Waals surface area (Å²) in [7, 11) is 0. The van der Waals surface area contributed by atoms with Crippen LogP contribution in [0.25, 0.3) is 0 Å².